The molecule has 0 fully saturated rings. The van der Waals surface area contributed by atoms with Gasteiger partial charge in [0.25, 0.3) is 0 Å². The van der Waals surface area contributed by atoms with Gasteiger partial charge in [-0.2, -0.15) is 5.10 Å². The number of nitrogen functional groups attached to an aromatic ring is 1. The van der Waals surface area contributed by atoms with Crippen LogP contribution in [-0.4, -0.2) is 28.8 Å². The summed E-state index contributed by atoms with van der Waals surface area (Å²) >= 11 is 0. The number of nitrogens with one attached hydrogen (secondary N) is 1. The first-order valence-electron chi connectivity index (χ1n) is 8.72. The van der Waals surface area contributed by atoms with Crippen molar-refractivity contribution in [3.05, 3.63) is 35.5 Å². The minimum Gasteiger partial charge on any atom is -0.398 e. The molecule has 0 saturated heterocycles. The van der Waals surface area contributed by atoms with Gasteiger partial charge in [-0.1, -0.05) is 26.8 Å². The van der Waals surface area contributed by atoms with E-state index in [1.54, 1.807) is 4.68 Å². The first-order valence-corrected chi connectivity index (χ1v) is 8.72. The molecular weight excluding hydrogens is 385 g/mol. The molecule has 1 aromatic heterocycles. The summed E-state index contributed by atoms with van der Waals surface area (Å²) in [7, 11) is 1.85. The normalized spacial score (nSPS) is 13.3. The van der Waals surface area contributed by atoms with Gasteiger partial charge in [-0.15, -0.1) is 24.8 Å². The average molecular weight is 414 g/mol. The lowest BCUT2D eigenvalue weighted by Crippen LogP contribution is -2.37. The van der Waals surface area contributed by atoms with Crippen molar-refractivity contribution in [1.82, 2.24) is 9.78 Å². The van der Waals surface area contributed by atoms with Crippen molar-refractivity contribution in [3.63, 3.8) is 0 Å². The number of hydrogen-bond donors (Lipinski definition) is 2. The predicted octanol–water partition coefficient (Wildman–Crippen LogP) is 3.53. The first kappa shape index (κ1) is 23.1. The highest BCUT2D eigenvalue weighted by Crippen LogP contribution is 2.31. The fourth-order valence-corrected chi connectivity index (χ4v) is 3.20. The van der Waals surface area contributed by atoms with E-state index in [-0.39, 0.29) is 36.1 Å². The Labute approximate surface area is 173 Å². The van der Waals surface area contributed by atoms with Gasteiger partial charge in [-0.05, 0) is 30.5 Å². The smallest absolute Gasteiger partial charge is 0.245 e. The number of aromatic nitrogens is 2. The molecule has 6 nitrogen and oxygen atoms in total. The molecule has 2 heterocycles. The number of rotatable bonds is 3. The van der Waals surface area contributed by atoms with E-state index in [0.717, 1.165) is 47.8 Å². The van der Waals surface area contributed by atoms with Gasteiger partial charge in [-0.25, -0.2) is 0 Å². The number of nitrogens with zero attached hydrogens (tertiary/aromatic N) is 3. The minimum absolute atomic E-state index is 0. The second-order valence-corrected chi connectivity index (χ2v) is 7.71. The van der Waals surface area contributed by atoms with Crippen molar-refractivity contribution in [2.45, 2.75) is 39.0 Å². The Kier molecular flexibility index (Phi) is 7.57. The maximum atomic E-state index is 12.6. The summed E-state index contributed by atoms with van der Waals surface area (Å²) in [4.78, 5) is 14.7. The summed E-state index contributed by atoms with van der Waals surface area (Å²) < 4.78 is 1.72. The molecule has 3 N–H and O–H groups in total. The molecule has 0 bridgehead atoms. The molecule has 0 radical (unpaired) electrons. The molecule has 1 amide bonds. The highest BCUT2D eigenvalue weighted by atomic mass is 35.5. The molecule has 150 valence electrons. The molecule has 2 aromatic rings. The van der Waals surface area contributed by atoms with Gasteiger partial charge in [0.2, 0.25) is 5.91 Å². The van der Waals surface area contributed by atoms with Crippen molar-refractivity contribution in [1.29, 1.82) is 0 Å². The zero-order valence-electron chi connectivity index (χ0n) is 16.3. The molecule has 1 aliphatic heterocycles. The molecule has 0 saturated carbocycles. The number of benzene rings is 1. The zero-order valence-corrected chi connectivity index (χ0v) is 17.9. The van der Waals surface area contributed by atoms with E-state index in [1.165, 1.54) is 0 Å². The first-order chi connectivity index (χ1) is 11.8. The zero-order chi connectivity index (χ0) is 18.2. The average Bonchev–Trinajstić information content (AvgIpc) is 2.89. The van der Waals surface area contributed by atoms with Gasteiger partial charge in [0.05, 0.1) is 12.2 Å². The number of halogens is 2. The number of carbonyl (C=O) groups excluding carboxylic acids is 1. The van der Waals surface area contributed by atoms with Crippen molar-refractivity contribution in [2.75, 3.05) is 29.0 Å². The number of aryl methyl sites for hydroxylation is 1. The van der Waals surface area contributed by atoms with E-state index < -0.39 is 0 Å². The van der Waals surface area contributed by atoms with Crippen LogP contribution in [0, 0.1) is 0 Å². The van der Waals surface area contributed by atoms with Crippen molar-refractivity contribution >= 4 is 47.9 Å². The van der Waals surface area contributed by atoms with Crippen LogP contribution in [0.1, 0.15) is 38.4 Å². The van der Waals surface area contributed by atoms with Crippen LogP contribution < -0.4 is 16.0 Å². The molecule has 8 heteroatoms. The second-order valence-electron chi connectivity index (χ2n) is 7.71. The van der Waals surface area contributed by atoms with Crippen LogP contribution in [0.2, 0.25) is 0 Å². The SMILES string of the molecule is Cl.Cl.Cn1nc(C(C)(C)C)cc1NC(=O)CN1CCCc2c(N)cccc21. The third kappa shape index (κ3) is 5.08. The van der Waals surface area contributed by atoms with Crippen LogP contribution in [0.3, 0.4) is 0 Å². The van der Waals surface area contributed by atoms with Crippen molar-refractivity contribution < 1.29 is 4.79 Å². The Morgan fingerprint density at radius 1 is 1.30 bits per heavy atom. The van der Waals surface area contributed by atoms with Gasteiger partial charge in [0.15, 0.2) is 0 Å². The summed E-state index contributed by atoms with van der Waals surface area (Å²) in [5.41, 5.74) is 10.0. The molecule has 1 aliphatic rings. The Hall–Kier alpha value is -1.92. The van der Waals surface area contributed by atoms with Gasteiger partial charge < -0.3 is 16.0 Å². The van der Waals surface area contributed by atoms with Crippen LogP contribution in [-0.2, 0) is 23.7 Å². The number of carbonyl (C=O) groups is 1. The molecule has 0 atom stereocenters. The molecule has 0 unspecified atom stereocenters. The van der Waals surface area contributed by atoms with Crippen LogP contribution in [0.15, 0.2) is 24.3 Å². The second kappa shape index (κ2) is 8.85. The van der Waals surface area contributed by atoms with E-state index in [9.17, 15) is 4.79 Å². The number of fused-ring (bicyclic) bond motifs is 1. The third-order valence-corrected chi connectivity index (χ3v) is 4.63. The third-order valence-electron chi connectivity index (χ3n) is 4.63. The van der Waals surface area contributed by atoms with Gasteiger partial charge in [-0.3, -0.25) is 9.48 Å². The van der Waals surface area contributed by atoms with Gasteiger partial charge >= 0.3 is 0 Å². The van der Waals surface area contributed by atoms with Crippen molar-refractivity contribution in [2.24, 2.45) is 7.05 Å². The predicted molar refractivity (Wildman–Crippen MR) is 116 cm³/mol. The van der Waals surface area contributed by atoms with E-state index >= 15 is 0 Å². The van der Waals surface area contributed by atoms with Crippen LogP contribution >= 0.6 is 24.8 Å². The standard InChI is InChI=1S/C19H27N5O.2ClH/c1-19(2,3)16-11-17(23(4)22-16)21-18(25)12-24-10-6-7-13-14(20)8-5-9-15(13)24;;/h5,8-9,11H,6-7,10,12,20H2,1-4H3,(H,21,25);2*1H. The van der Waals surface area contributed by atoms with E-state index in [4.69, 9.17) is 5.73 Å². The van der Waals surface area contributed by atoms with E-state index in [0.29, 0.717) is 6.54 Å². The lowest BCUT2D eigenvalue weighted by molar-refractivity contribution is -0.115. The summed E-state index contributed by atoms with van der Waals surface area (Å²) in [5.74, 6) is 0.679. The number of amides is 1. The van der Waals surface area contributed by atoms with E-state index in [1.807, 2.05) is 31.3 Å². The van der Waals surface area contributed by atoms with Crippen LogP contribution in [0.25, 0.3) is 0 Å². The fourth-order valence-electron chi connectivity index (χ4n) is 3.20. The fraction of sp³-hybridized carbons (Fsp3) is 0.474. The lowest BCUT2D eigenvalue weighted by atomic mass is 9.92. The molecule has 3 rings (SSSR count). The summed E-state index contributed by atoms with van der Waals surface area (Å²) in [6.07, 6.45) is 1.98. The molecule has 27 heavy (non-hydrogen) atoms. The number of anilines is 3. The van der Waals surface area contributed by atoms with Crippen molar-refractivity contribution in [3.8, 4) is 0 Å². The Bertz CT molecular complexity index is 798. The summed E-state index contributed by atoms with van der Waals surface area (Å²) in [6.45, 7) is 7.50. The minimum atomic E-state index is -0.0515. The lowest BCUT2D eigenvalue weighted by Gasteiger charge is -2.31. The quantitative estimate of drug-likeness (QED) is 0.754. The van der Waals surface area contributed by atoms with Crippen LogP contribution in [0.4, 0.5) is 17.2 Å². The highest BCUT2D eigenvalue weighted by Gasteiger charge is 2.22. The summed E-state index contributed by atoms with van der Waals surface area (Å²) in [6, 6.07) is 7.85. The largest absolute Gasteiger partial charge is 0.398 e. The monoisotopic (exact) mass is 413 g/mol. The molecule has 0 aliphatic carbocycles. The number of nitrogens with two attached hydrogens (primary N) is 1. The van der Waals surface area contributed by atoms with E-state index in [2.05, 4.69) is 36.1 Å². The van der Waals surface area contributed by atoms with Gasteiger partial charge in [0, 0.05) is 36.4 Å². The Morgan fingerprint density at radius 2 is 2.00 bits per heavy atom. The number of hydrogen-bond acceptors (Lipinski definition) is 4. The topological polar surface area (TPSA) is 76.2 Å². The highest BCUT2D eigenvalue weighted by molar-refractivity contribution is 5.93. The Morgan fingerprint density at radius 3 is 2.63 bits per heavy atom. The Balaban J connectivity index is 0.00000182. The van der Waals surface area contributed by atoms with Gasteiger partial charge in [0.1, 0.15) is 5.82 Å². The molecular formula is C19H29Cl2N5O. The maximum Gasteiger partial charge on any atom is 0.245 e. The maximum absolute atomic E-state index is 12.6. The van der Waals surface area contributed by atoms with Crippen LogP contribution in [0.5, 0.6) is 0 Å². The molecule has 0 spiro atoms. The summed E-state index contributed by atoms with van der Waals surface area (Å²) in [5, 5.41) is 7.49. The molecule has 1 aromatic carbocycles.